The Morgan fingerprint density at radius 3 is 2.80 bits per heavy atom. The lowest BCUT2D eigenvalue weighted by atomic mass is 9.67. The third-order valence-electron chi connectivity index (χ3n) is 3.47. The molecule has 15 heavy (non-hydrogen) atoms. The zero-order valence-corrected chi connectivity index (χ0v) is 10.4. The van der Waals surface area contributed by atoms with Gasteiger partial charge in [0.2, 0.25) is 0 Å². The first-order valence-electron chi connectivity index (χ1n) is 5.84. The first kappa shape index (κ1) is 12.1. The number of rotatable bonds is 2. The van der Waals surface area contributed by atoms with E-state index in [1.165, 1.54) is 24.0 Å². The highest BCUT2D eigenvalue weighted by Gasteiger charge is 2.32. The molecule has 1 aliphatic carbocycles. The number of allylic oxidation sites excluding steroid dienone is 4. The summed E-state index contributed by atoms with van der Waals surface area (Å²) in [5, 5.41) is 0. The molecule has 82 valence electrons. The van der Waals surface area contributed by atoms with Crippen molar-refractivity contribution in [2.45, 2.75) is 47.0 Å². The van der Waals surface area contributed by atoms with E-state index >= 15 is 0 Å². The minimum absolute atomic E-state index is 0.265. The van der Waals surface area contributed by atoms with Crippen LogP contribution >= 0.6 is 0 Å². The Kier molecular flexibility index (Phi) is 3.80. The minimum atomic E-state index is 0.265. The predicted molar refractivity (Wildman–Crippen MR) is 67.5 cm³/mol. The van der Waals surface area contributed by atoms with Crippen LogP contribution in [-0.2, 0) is 0 Å². The topological polar surface area (TPSA) is 0 Å². The van der Waals surface area contributed by atoms with Crippen molar-refractivity contribution in [3.63, 3.8) is 0 Å². The summed E-state index contributed by atoms with van der Waals surface area (Å²) in [5.74, 6) is 3.31. The Hall–Kier alpha value is -0.960. The van der Waals surface area contributed by atoms with E-state index in [0.717, 1.165) is 6.42 Å². The smallest absolute Gasteiger partial charge is 0.0105 e. The molecule has 0 amide bonds. The fourth-order valence-electron chi connectivity index (χ4n) is 2.77. The second-order valence-electron chi connectivity index (χ2n) is 5.14. The van der Waals surface area contributed by atoms with Gasteiger partial charge in [-0.3, -0.25) is 0 Å². The maximum Gasteiger partial charge on any atom is -0.0105 e. The van der Waals surface area contributed by atoms with Crippen LogP contribution in [0, 0.1) is 23.7 Å². The summed E-state index contributed by atoms with van der Waals surface area (Å²) in [5.41, 5.74) is 3.22. The van der Waals surface area contributed by atoms with Gasteiger partial charge in [0.05, 0.1) is 0 Å². The Bertz CT molecular complexity index is 320. The Labute approximate surface area is 94.5 Å². The van der Waals surface area contributed by atoms with Crippen LogP contribution < -0.4 is 0 Å². The van der Waals surface area contributed by atoms with Gasteiger partial charge in [-0.2, -0.15) is 0 Å². The minimum Gasteiger partial charge on any atom is -0.115 e. The third kappa shape index (κ3) is 2.75. The van der Waals surface area contributed by atoms with Crippen LogP contribution in [0.25, 0.3) is 0 Å². The lowest BCUT2D eigenvalue weighted by Crippen LogP contribution is -2.27. The zero-order chi connectivity index (χ0) is 11.5. The van der Waals surface area contributed by atoms with Gasteiger partial charge in [-0.25, -0.2) is 0 Å². The number of terminal acetylenes is 1. The van der Waals surface area contributed by atoms with Gasteiger partial charge in [-0.15, -0.1) is 6.42 Å². The molecule has 0 N–H and O–H groups in total. The summed E-state index contributed by atoms with van der Waals surface area (Å²) in [7, 11) is 0. The summed E-state index contributed by atoms with van der Waals surface area (Å²) in [6.07, 6.45) is 13.3. The highest BCUT2D eigenvalue weighted by Crippen LogP contribution is 2.43. The SMILES string of the molecule is C#CC=C(CC)C1CCC(C)=CC1(C)C. The zero-order valence-electron chi connectivity index (χ0n) is 10.4. The van der Waals surface area contributed by atoms with Crippen LogP contribution in [0.15, 0.2) is 23.3 Å². The van der Waals surface area contributed by atoms with Gasteiger partial charge in [-0.05, 0) is 43.6 Å². The average molecular weight is 202 g/mol. The fourth-order valence-corrected chi connectivity index (χ4v) is 2.77. The molecule has 1 unspecified atom stereocenters. The molecular formula is C15H22. The van der Waals surface area contributed by atoms with E-state index in [-0.39, 0.29) is 5.41 Å². The molecule has 0 aromatic carbocycles. The standard InChI is InChI=1S/C15H22/c1-6-8-13(7-2)14-10-9-12(3)11-15(14,4)5/h1,8,11,14H,7,9-10H2,2-5H3. The monoisotopic (exact) mass is 202 g/mol. The summed E-state index contributed by atoms with van der Waals surface area (Å²) < 4.78 is 0. The normalized spacial score (nSPS) is 25.7. The van der Waals surface area contributed by atoms with Gasteiger partial charge in [0.25, 0.3) is 0 Å². The van der Waals surface area contributed by atoms with E-state index in [1.807, 2.05) is 6.08 Å². The summed E-state index contributed by atoms with van der Waals surface area (Å²) in [6.45, 7) is 9.07. The highest BCUT2D eigenvalue weighted by molar-refractivity contribution is 5.25. The van der Waals surface area contributed by atoms with Crippen molar-refractivity contribution in [1.29, 1.82) is 0 Å². The van der Waals surface area contributed by atoms with Gasteiger partial charge in [-0.1, -0.05) is 43.9 Å². The van der Waals surface area contributed by atoms with Crippen LogP contribution in [0.1, 0.15) is 47.0 Å². The molecule has 1 atom stereocenters. The molecule has 0 radical (unpaired) electrons. The van der Waals surface area contributed by atoms with Crippen molar-refractivity contribution >= 4 is 0 Å². The van der Waals surface area contributed by atoms with Crippen molar-refractivity contribution in [1.82, 2.24) is 0 Å². The second kappa shape index (κ2) is 4.71. The number of hydrogen-bond acceptors (Lipinski definition) is 0. The molecule has 0 saturated heterocycles. The van der Waals surface area contributed by atoms with Gasteiger partial charge in [0.1, 0.15) is 0 Å². The van der Waals surface area contributed by atoms with Crippen LogP contribution in [0.5, 0.6) is 0 Å². The summed E-state index contributed by atoms with van der Waals surface area (Å²) >= 11 is 0. The van der Waals surface area contributed by atoms with Gasteiger partial charge in [0, 0.05) is 0 Å². The quantitative estimate of drug-likeness (QED) is 0.461. The molecule has 0 nitrogen and oxygen atoms in total. The Morgan fingerprint density at radius 1 is 1.67 bits per heavy atom. The molecule has 0 saturated carbocycles. The first-order valence-corrected chi connectivity index (χ1v) is 5.84. The van der Waals surface area contributed by atoms with E-state index in [9.17, 15) is 0 Å². The van der Waals surface area contributed by atoms with Crippen LogP contribution in [0.2, 0.25) is 0 Å². The van der Waals surface area contributed by atoms with Crippen molar-refractivity contribution in [3.8, 4) is 12.3 Å². The van der Waals surface area contributed by atoms with Crippen molar-refractivity contribution in [3.05, 3.63) is 23.3 Å². The molecule has 0 aromatic heterocycles. The van der Waals surface area contributed by atoms with Gasteiger partial charge >= 0.3 is 0 Å². The molecular weight excluding hydrogens is 180 g/mol. The molecule has 1 rings (SSSR count). The molecule has 0 fully saturated rings. The Morgan fingerprint density at radius 2 is 2.33 bits per heavy atom. The van der Waals surface area contributed by atoms with E-state index in [2.05, 4.69) is 39.7 Å². The average Bonchev–Trinajstić information content (AvgIpc) is 2.14. The maximum atomic E-state index is 5.39. The van der Waals surface area contributed by atoms with Crippen LogP contribution in [0.3, 0.4) is 0 Å². The van der Waals surface area contributed by atoms with Gasteiger partial charge in [0.15, 0.2) is 0 Å². The predicted octanol–water partition coefficient (Wildman–Crippen LogP) is 4.34. The maximum absolute atomic E-state index is 5.39. The molecule has 0 aliphatic heterocycles. The van der Waals surface area contributed by atoms with Crippen LogP contribution in [-0.4, -0.2) is 0 Å². The Balaban J connectivity index is 2.98. The van der Waals surface area contributed by atoms with Crippen molar-refractivity contribution < 1.29 is 0 Å². The summed E-state index contributed by atoms with van der Waals surface area (Å²) in [4.78, 5) is 0. The summed E-state index contributed by atoms with van der Waals surface area (Å²) in [6, 6.07) is 0. The molecule has 0 spiro atoms. The van der Waals surface area contributed by atoms with Crippen LogP contribution in [0.4, 0.5) is 0 Å². The van der Waals surface area contributed by atoms with Crippen molar-refractivity contribution in [2.75, 3.05) is 0 Å². The largest absolute Gasteiger partial charge is 0.115 e. The number of hydrogen-bond donors (Lipinski definition) is 0. The van der Waals surface area contributed by atoms with E-state index in [1.54, 1.807) is 0 Å². The molecule has 0 heteroatoms. The van der Waals surface area contributed by atoms with Crippen molar-refractivity contribution in [2.24, 2.45) is 11.3 Å². The molecule has 1 aliphatic rings. The lowest BCUT2D eigenvalue weighted by Gasteiger charge is -2.37. The lowest BCUT2D eigenvalue weighted by molar-refractivity contribution is 0.285. The fraction of sp³-hybridized carbons (Fsp3) is 0.600. The van der Waals surface area contributed by atoms with E-state index in [0.29, 0.717) is 5.92 Å². The highest BCUT2D eigenvalue weighted by atomic mass is 14.4. The third-order valence-corrected chi connectivity index (χ3v) is 3.47. The molecule has 0 heterocycles. The second-order valence-corrected chi connectivity index (χ2v) is 5.14. The van der Waals surface area contributed by atoms with E-state index < -0.39 is 0 Å². The molecule has 0 aromatic rings. The van der Waals surface area contributed by atoms with E-state index in [4.69, 9.17) is 6.42 Å². The first-order chi connectivity index (χ1) is 7.01. The molecule has 0 bridgehead atoms. The van der Waals surface area contributed by atoms with Gasteiger partial charge < -0.3 is 0 Å².